The number of esters is 1. The highest BCUT2D eigenvalue weighted by molar-refractivity contribution is 7.89. The van der Waals surface area contributed by atoms with Gasteiger partial charge < -0.3 is 10.1 Å². The summed E-state index contributed by atoms with van der Waals surface area (Å²) in [6.07, 6.45) is 4.38. The lowest BCUT2D eigenvalue weighted by molar-refractivity contribution is -0.123. The third-order valence-electron chi connectivity index (χ3n) is 4.52. The number of carbonyl (C=O) groups is 3. The first-order valence-corrected chi connectivity index (χ1v) is 10.7. The molecule has 3 amide bonds. The first-order valence-electron chi connectivity index (χ1n) is 9.24. The molecule has 2 N–H and O–H groups in total. The number of hydrogen-bond donors (Lipinski definition) is 2. The van der Waals surface area contributed by atoms with Crippen molar-refractivity contribution in [3.05, 3.63) is 29.8 Å². The number of nitrogens with zero attached hydrogens (tertiary/aromatic N) is 1. The standard InChI is InChI=1S/C18H23N3O6S/c22-16(20-18(24)19-14-7-8-14)12-27-17(23)13-5-4-6-15(11-13)28(25,26)21-9-2-1-3-10-21/h4-6,11,14H,1-3,7-10,12H2,(H2,19,20,22,24). The Hall–Kier alpha value is -2.46. The highest BCUT2D eigenvalue weighted by Gasteiger charge is 2.27. The van der Waals surface area contributed by atoms with Crippen LogP contribution in [0.15, 0.2) is 29.2 Å². The van der Waals surface area contributed by atoms with Gasteiger partial charge in [-0.25, -0.2) is 18.0 Å². The monoisotopic (exact) mass is 409 g/mol. The van der Waals surface area contributed by atoms with Crippen molar-refractivity contribution in [2.45, 2.75) is 43.0 Å². The van der Waals surface area contributed by atoms with Gasteiger partial charge in [0.1, 0.15) is 0 Å². The molecule has 0 spiro atoms. The lowest BCUT2D eigenvalue weighted by Crippen LogP contribution is -2.42. The van der Waals surface area contributed by atoms with E-state index in [0.717, 1.165) is 32.1 Å². The van der Waals surface area contributed by atoms with Crippen LogP contribution in [0.4, 0.5) is 4.79 Å². The number of benzene rings is 1. The van der Waals surface area contributed by atoms with Crippen molar-refractivity contribution in [3.63, 3.8) is 0 Å². The third kappa shape index (κ3) is 5.29. The first-order chi connectivity index (χ1) is 13.4. The molecule has 3 rings (SSSR count). The fraction of sp³-hybridized carbons (Fsp3) is 0.500. The van der Waals surface area contributed by atoms with Crippen LogP contribution in [0.3, 0.4) is 0 Å². The van der Waals surface area contributed by atoms with Crippen LogP contribution in [0, 0.1) is 0 Å². The van der Waals surface area contributed by atoms with Crippen LogP contribution >= 0.6 is 0 Å². The Kier molecular flexibility index (Phi) is 6.30. The van der Waals surface area contributed by atoms with Gasteiger partial charge in [-0.15, -0.1) is 0 Å². The minimum atomic E-state index is -3.68. The molecule has 0 atom stereocenters. The molecule has 0 unspecified atom stereocenters. The molecule has 0 bridgehead atoms. The Labute approximate surface area is 163 Å². The Morgan fingerprint density at radius 1 is 1.11 bits per heavy atom. The van der Waals surface area contributed by atoms with Gasteiger partial charge in [0, 0.05) is 19.1 Å². The Morgan fingerprint density at radius 2 is 1.82 bits per heavy atom. The van der Waals surface area contributed by atoms with Crippen LogP contribution < -0.4 is 10.6 Å². The van der Waals surface area contributed by atoms with Crippen molar-refractivity contribution >= 4 is 27.9 Å². The van der Waals surface area contributed by atoms with E-state index in [9.17, 15) is 22.8 Å². The van der Waals surface area contributed by atoms with Gasteiger partial charge in [-0.3, -0.25) is 10.1 Å². The number of imide groups is 1. The lowest BCUT2D eigenvalue weighted by atomic mass is 10.2. The molecule has 1 aliphatic carbocycles. The number of urea groups is 1. The van der Waals surface area contributed by atoms with E-state index in [-0.39, 0.29) is 16.5 Å². The minimum Gasteiger partial charge on any atom is -0.452 e. The number of piperidine rings is 1. The topological polar surface area (TPSA) is 122 Å². The lowest BCUT2D eigenvalue weighted by Gasteiger charge is -2.25. The highest BCUT2D eigenvalue weighted by atomic mass is 32.2. The SMILES string of the molecule is O=C(COC(=O)c1cccc(S(=O)(=O)N2CCCCC2)c1)NC(=O)NC1CC1. The molecule has 2 fully saturated rings. The maximum absolute atomic E-state index is 12.7. The average Bonchev–Trinajstić information content (AvgIpc) is 3.50. The van der Waals surface area contributed by atoms with Crippen LogP contribution in [0.25, 0.3) is 0 Å². The van der Waals surface area contributed by atoms with Crippen molar-refractivity contribution in [3.8, 4) is 0 Å². The summed E-state index contributed by atoms with van der Waals surface area (Å²) in [4.78, 5) is 35.3. The molecule has 1 aromatic rings. The molecule has 1 aliphatic heterocycles. The van der Waals surface area contributed by atoms with E-state index in [1.165, 1.54) is 28.6 Å². The minimum absolute atomic E-state index is 0.0112. The molecular weight excluding hydrogens is 386 g/mol. The summed E-state index contributed by atoms with van der Waals surface area (Å²) in [5.74, 6) is -1.60. The summed E-state index contributed by atoms with van der Waals surface area (Å²) < 4.78 is 31.7. The van der Waals surface area contributed by atoms with E-state index in [4.69, 9.17) is 4.74 Å². The summed E-state index contributed by atoms with van der Waals surface area (Å²) in [7, 11) is -3.68. The number of hydrogen-bond acceptors (Lipinski definition) is 6. The van der Waals surface area contributed by atoms with E-state index >= 15 is 0 Å². The number of rotatable bonds is 6. The fourth-order valence-electron chi connectivity index (χ4n) is 2.86. The Bertz CT molecular complexity index is 860. The molecule has 1 heterocycles. The van der Waals surface area contributed by atoms with E-state index in [2.05, 4.69) is 10.6 Å². The maximum atomic E-state index is 12.7. The Morgan fingerprint density at radius 3 is 2.50 bits per heavy atom. The first kappa shape index (κ1) is 20.3. The van der Waals surface area contributed by atoms with Gasteiger partial charge in [-0.2, -0.15) is 4.31 Å². The molecule has 1 saturated heterocycles. The zero-order chi connectivity index (χ0) is 20.1. The summed E-state index contributed by atoms with van der Waals surface area (Å²) in [5.41, 5.74) is 0.0216. The van der Waals surface area contributed by atoms with Gasteiger partial charge in [0.15, 0.2) is 6.61 Å². The molecule has 28 heavy (non-hydrogen) atoms. The largest absolute Gasteiger partial charge is 0.452 e. The highest BCUT2D eigenvalue weighted by Crippen LogP contribution is 2.21. The van der Waals surface area contributed by atoms with Gasteiger partial charge in [0.2, 0.25) is 10.0 Å². The smallest absolute Gasteiger partial charge is 0.338 e. The second-order valence-corrected chi connectivity index (χ2v) is 8.80. The molecule has 9 nitrogen and oxygen atoms in total. The maximum Gasteiger partial charge on any atom is 0.338 e. The quantitative estimate of drug-likeness (QED) is 0.676. The second kappa shape index (κ2) is 8.70. The van der Waals surface area contributed by atoms with Crippen molar-refractivity contribution in [1.29, 1.82) is 0 Å². The number of ether oxygens (including phenoxy) is 1. The molecule has 152 valence electrons. The predicted octanol–water partition coefficient (Wildman–Crippen LogP) is 1.01. The predicted molar refractivity (Wildman–Crippen MR) is 99.0 cm³/mol. The van der Waals surface area contributed by atoms with Crippen LogP contribution in [0.1, 0.15) is 42.5 Å². The van der Waals surface area contributed by atoms with Gasteiger partial charge in [0.05, 0.1) is 10.5 Å². The molecule has 10 heteroatoms. The molecule has 0 aromatic heterocycles. The van der Waals surface area contributed by atoms with Crippen molar-refractivity contribution in [1.82, 2.24) is 14.9 Å². The fourth-order valence-corrected chi connectivity index (χ4v) is 4.43. The molecule has 0 radical (unpaired) electrons. The van der Waals surface area contributed by atoms with Crippen LogP contribution in [-0.2, 0) is 19.6 Å². The van der Waals surface area contributed by atoms with Crippen molar-refractivity contribution < 1.29 is 27.5 Å². The zero-order valence-corrected chi connectivity index (χ0v) is 16.2. The van der Waals surface area contributed by atoms with E-state index in [0.29, 0.717) is 13.1 Å². The zero-order valence-electron chi connectivity index (χ0n) is 15.3. The van der Waals surface area contributed by atoms with Gasteiger partial charge >= 0.3 is 12.0 Å². The van der Waals surface area contributed by atoms with Gasteiger partial charge in [0.25, 0.3) is 5.91 Å². The average molecular weight is 409 g/mol. The van der Waals surface area contributed by atoms with E-state index in [1.807, 2.05) is 0 Å². The van der Waals surface area contributed by atoms with Crippen LogP contribution in [0.5, 0.6) is 0 Å². The summed E-state index contributed by atoms with van der Waals surface area (Å²) >= 11 is 0. The molecule has 1 aromatic carbocycles. The number of nitrogens with one attached hydrogen (secondary N) is 2. The molecular formula is C18H23N3O6S. The summed E-state index contributed by atoms with van der Waals surface area (Å²) in [5, 5.41) is 4.64. The Balaban J connectivity index is 1.57. The van der Waals surface area contributed by atoms with Crippen LogP contribution in [-0.4, -0.2) is 56.4 Å². The normalized spacial score (nSPS) is 17.6. The second-order valence-electron chi connectivity index (χ2n) is 6.86. The summed E-state index contributed by atoms with van der Waals surface area (Å²) in [6, 6.07) is 5.00. The van der Waals surface area contributed by atoms with Crippen LogP contribution in [0.2, 0.25) is 0 Å². The van der Waals surface area contributed by atoms with Gasteiger partial charge in [-0.05, 0) is 43.9 Å². The summed E-state index contributed by atoms with van der Waals surface area (Å²) in [6.45, 7) is 0.278. The third-order valence-corrected chi connectivity index (χ3v) is 6.42. The number of carbonyl (C=O) groups excluding carboxylic acids is 3. The van der Waals surface area contributed by atoms with Crippen molar-refractivity contribution in [2.75, 3.05) is 19.7 Å². The number of amides is 3. The molecule has 2 aliphatic rings. The number of sulfonamides is 1. The van der Waals surface area contributed by atoms with E-state index in [1.54, 1.807) is 0 Å². The van der Waals surface area contributed by atoms with Gasteiger partial charge in [-0.1, -0.05) is 12.5 Å². The van der Waals surface area contributed by atoms with E-state index < -0.39 is 34.5 Å². The van der Waals surface area contributed by atoms with Crippen molar-refractivity contribution in [2.24, 2.45) is 0 Å². The molecule has 1 saturated carbocycles.